The Morgan fingerprint density at radius 2 is 2.14 bits per heavy atom. The summed E-state index contributed by atoms with van der Waals surface area (Å²) >= 11 is 0. The Morgan fingerprint density at radius 3 is 2.81 bits per heavy atom. The van der Waals surface area contributed by atoms with E-state index in [0.717, 1.165) is 24.8 Å². The van der Waals surface area contributed by atoms with E-state index in [4.69, 9.17) is 4.74 Å². The van der Waals surface area contributed by atoms with Crippen LogP contribution in [0.4, 0.5) is 0 Å². The van der Waals surface area contributed by atoms with Gasteiger partial charge in [0.2, 0.25) is 0 Å². The predicted molar refractivity (Wildman–Crippen MR) is 77.2 cm³/mol. The van der Waals surface area contributed by atoms with Crippen LogP contribution < -0.4 is 10.1 Å². The second kappa shape index (κ2) is 5.56. The van der Waals surface area contributed by atoms with Crippen molar-refractivity contribution in [1.29, 1.82) is 0 Å². The van der Waals surface area contributed by atoms with Gasteiger partial charge < -0.3 is 20.3 Å². The summed E-state index contributed by atoms with van der Waals surface area (Å²) in [7, 11) is 1.51. The van der Waals surface area contributed by atoms with Gasteiger partial charge in [0.25, 0.3) is 0 Å². The van der Waals surface area contributed by atoms with Gasteiger partial charge in [-0.2, -0.15) is 0 Å². The number of rotatable bonds is 5. The molecule has 0 aliphatic heterocycles. The van der Waals surface area contributed by atoms with Gasteiger partial charge in [-0.25, -0.2) is 0 Å². The number of fused-ring (bicyclic) bond motifs is 2. The van der Waals surface area contributed by atoms with Gasteiger partial charge in [0.15, 0.2) is 11.5 Å². The molecule has 5 heteroatoms. The maximum atomic E-state index is 11.5. The van der Waals surface area contributed by atoms with E-state index in [1.54, 1.807) is 12.1 Å². The lowest BCUT2D eigenvalue weighted by atomic mass is 9.84. The van der Waals surface area contributed by atoms with E-state index in [0.29, 0.717) is 24.1 Å². The molecule has 2 saturated carbocycles. The number of ether oxygens (including phenoxy) is 1. The first-order chi connectivity index (χ1) is 10.1. The molecule has 4 atom stereocenters. The van der Waals surface area contributed by atoms with Crippen LogP contribution in [0.2, 0.25) is 0 Å². The first-order valence-corrected chi connectivity index (χ1v) is 7.42. The number of hydrogen-bond acceptors (Lipinski definition) is 4. The minimum absolute atomic E-state index is 0.0468. The van der Waals surface area contributed by atoms with E-state index in [2.05, 4.69) is 5.32 Å². The summed E-state index contributed by atoms with van der Waals surface area (Å²) in [6, 6.07) is 5.32. The van der Waals surface area contributed by atoms with Crippen LogP contribution in [0, 0.1) is 17.8 Å². The molecule has 4 unspecified atom stereocenters. The predicted octanol–water partition coefficient (Wildman–Crippen LogP) is 1.99. The summed E-state index contributed by atoms with van der Waals surface area (Å²) in [6.07, 6.45) is 3.20. The summed E-state index contributed by atoms with van der Waals surface area (Å²) in [5, 5.41) is 22.6. The number of carboxylic acids is 1. The zero-order valence-electron chi connectivity index (χ0n) is 12.1. The van der Waals surface area contributed by atoms with Crippen molar-refractivity contribution in [3.05, 3.63) is 23.8 Å². The van der Waals surface area contributed by atoms with Crippen molar-refractivity contribution in [2.45, 2.75) is 31.8 Å². The molecule has 0 saturated heterocycles. The smallest absolute Gasteiger partial charge is 0.308 e. The number of methoxy groups -OCH3 is 1. The second-order valence-electron chi connectivity index (χ2n) is 6.11. The maximum Gasteiger partial charge on any atom is 0.308 e. The highest BCUT2D eigenvalue weighted by Gasteiger charge is 2.50. The number of nitrogens with one attached hydrogen (secondary N) is 1. The number of carboxylic acid groups (broad SMARTS) is 1. The molecule has 2 fully saturated rings. The molecule has 5 nitrogen and oxygen atoms in total. The molecule has 0 aromatic heterocycles. The summed E-state index contributed by atoms with van der Waals surface area (Å²) in [5.41, 5.74) is 0.931. The van der Waals surface area contributed by atoms with Crippen LogP contribution >= 0.6 is 0 Å². The molecule has 21 heavy (non-hydrogen) atoms. The van der Waals surface area contributed by atoms with Crippen molar-refractivity contribution in [2.75, 3.05) is 7.11 Å². The third-order valence-corrected chi connectivity index (χ3v) is 4.99. The van der Waals surface area contributed by atoms with E-state index >= 15 is 0 Å². The first-order valence-electron chi connectivity index (χ1n) is 7.42. The van der Waals surface area contributed by atoms with Gasteiger partial charge in [0.05, 0.1) is 13.0 Å². The first kappa shape index (κ1) is 14.2. The highest BCUT2D eigenvalue weighted by atomic mass is 16.5. The van der Waals surface area contributed by atoms with Crippen LogP contribution in [0.1, 0.15) is 24.8 Å². The largest absolute Gasteiger partial charge is 0.504 e. The lowest BCUT2D eigenvalue weighted by Crippen LogP contribution is -2.43. The highest BCUT2D eigenvalue weighted by molar-refractivity contribution is 5.72. The number of aliphatic carboxylic acids is 1. The molecule has 114 valence electrons. The van der Waals surface area contributed by atoms with Crippen molar-refractivity contribution in [3.8, 4) is 11.5 Å². The Balaban J connectivity index is 1.67. The second-order valence-corrected chi connectivity index (χ2v) is 6.11. The van der Waals surface area contributed by atoms with E-state index < -0.39 is 5.97 Å². The van der Waals surface area contributed by atoms with Gasteiger partial charge in [0, 0.05) is 12.6 Å². The third-order valence-electron chi connectivity index (χ3n) is 4.99. The molecule has 2 bridgehead atoms. The molecular weight excluding hydrogens is 270 g/mol. The fourth-order valence-electron chi connectivity index (χ4n) is 4.02. The monoisotopic (exact) mass is 291 g/mol. The van der Waals surface area contributed by atoms with Gasteiger partial charge >= 0.3 is 5.97 Å². The standard InChI is InChI=1S/C16H21NO4/c1-21-13-5-2-9(6-12(13)18)8-17-15-11-4-3-10(7-11)14(15)16(19)20/h2,5-6,10-11,14-15,17-18H,3-4,7-8H2,1H3,(H,19,20). The van der Waals surface area contributed by atoms with Crippen LogP contribution in [-0.2, 0) is 11.3 Å². The van der Waals surface area contributed by atoms with Crippen molar-refractivity contribution in [2.24, 2.45) is 17.8 Å². The number of aromatic hydroxyl groups is 1. The number of benzene rings is 1. The molecule has 3 N–H and O–H groups in total. The summed E-state index contributed by atoms with van der Waals surface area (Å²) < 4.78 is 5.02. The minimum atomic E-state index is -0.683. The molecule has 0 heterocycles. The van der Waals surface area contributed by atoms with Gasteiger partial charge in [0.1, 0.15) is 0 Å². The van der Waals surface area contributed by atoms with Crippen molar-refractivity contribution in [1.82, 2.24) is 5.32 Å². The van der Waals surface area contributed by atoms with Crippen molar-refractivity contribution >= 4 is 5.97 Å². The Morgan fingerprint density at radius 1 is 1.38 bits per heavy atom. The molecule has 1 aromatic rings. The van der Waals surface area contributed by atoms with Gasteiger partial charge in [-0.15, -0.1) is 0 Å². The molecule has 0 amide bonds. The van der Waals surface area contributed by atoms with Crippen LogP contribution in [0.25, 0.3) is 0 Å². The fraction of sp³-hybridized carbons (Fsp3) is 0.562. The number of hydrogen-bond donors (Lipinski definition) is 3. The lowest BCUT2D eigenvalue weighted by Gasteiger charge is -2.29. The van der Waals surface area contributed by atoms with Gasteiger partial charge in [-0.3, -0.25) is 4.79 Å². The summed E-state index contributed by atoms with van der Waals surface area (Å²) in [5.74, 6) is 0.409. The molecule has 3 rings (SSSR count). The average molecular weight is 291 g/mol. The highest BCUT2D eigenvalue weighted by Crippen LogP contribution is 2.48. The number of phenolic OH excluding ortho intramolecular Hbond substituents is 1. The molecule has 2 aliphatic carbocycles. The van der Waals surface area contributed by atoms with Gasteiger partial charge in [-0.1, -0.05) is 6.07 Å². The molecule has 1 aromatic carbocycles. The number of carbonyl (C=O) groups is 1. The maximum absolute atomic E-state index is 11.5. The quantitative estimate of drug-likeness (QED) is 0.773. The normalized spacial score (nSPS) is 30.5. The Kier molecular flexibility index (Phi) is 3.76. The zero-order valence-corrected chi connectivity index (χ0v) is 12.1. The SMILES string of the molecule is COc1ccc(CNC2C3CCC(C3)C2C(=O)O)cc1O. The minimum Gasteiger partial charge on any atom is -0.504 e. The molecule has 0 radical (unpaired) electrons. The molecular formula is C16H21NO4. The topological polar surface area (TPSA) is 78.8 Å². The zero-order chi connectivity index (χ0) is 15.0. The van der Waals surface area contributed by atoms with E-state index in [9.17, 15) is 15.0 Å². The molecule has 2 aliphatic rings. The lowest BCUT2D eigenvalue weighted by molar-refractivity contribution is -0.144. The van der Waals surface area contributed by atoms with E-state index in [1.165, 1.54) is 7.11 Å². The van der Waals surface area contributed by atoms with E-state index in [-0.39, 0.29) is 17.7 Å². The summed E-state index contributed by atoms with van der Waals surface area (Å²) in [4.78, 5) is 11.5. The summed E-state index contributed by atoms with van der Waals surface area (Å²) in [6.45, 7) is 0.565. The van der Waals surface area contributed by atoms with E-state index in [1.807, 2.05) is 6.07 Å². The van der Waals surface area contributed by atoms with Crippen LogP contribution in [-0.4, -0.2) is 29.3 Å². The Hall–Kier alpha value is -1.75. The number of phenols is 1. The van der Waals surface area contributed by atoms with Crippen molar-refractivity contribution in [3.63, 3.8) is 0 Å². The van der Waals surface area contributed by atoms with Gasteiger partial charge in [-0.05, 0) is 48.8 Å². The molecule has 0 spiro atoms. The van der Waals surface area contributed by atoms with Crippen molar-refractivity contribution < 1.29 is 19.7 Å². The average Bonchev–Trinajstić information content (AvgIpc) is 3.05. The Labute approximate surface area is 123 Å². The van der Waals surface area contributed by atoms with Crippen LogP contribution in [0.5, 0.6) is 11.5 Å². The Bertz CT molecular complexity index is 545. The van der Waals surface area contributed by atoms with Crippen LogP contribution in [0.3, 0.4) is 0 Å². The third kappa shape index (κ3) is 2.58. The van der Waals surface area contributed by atoms with Crippen LogP contribution in [0.15, 0.2) is 18.2 Å². The fourth-order valence-corrected chi connectivity index (χ4v) is 4.02.